The molecule has 11 nitrogen and oxygen atoms in total. The summed E-state index contributed by atoms with van der Waals surface area (Å²) in [5.74, 6) is -0.330. The van der Waals surface area contributed by atoms with Gasteiger partial charge in [-0.15, -0.1) is 0 Å². The Morgan fingerprint density at radius 3 is 2.36 bits per heavy atom. The maximum atomic E-state index is 14.1. The zero-order chi connectivity index (χ0) is 34.3. The first-order valence-electron chi connectivity index (χ1n) is 15.1. The average Bonchev–Trinajstić information content (AvgIpc) is 3.61. The molecule has 1 aliphatic heterocycles. The molecule has 246 valence electrons. The van der Waals surface area contributed by atoms with Crippen LogP contribution >= 0.6 is 0 Å². The topological polar surface area (TPSA) is 98.5 Å². The Morgan fingerprint density at radius 1 is 1.09 bits per heavy atom. The molecule has 1 saturated heterocycles. The molecule has 0 unspecified atom stereocenters. The highest BCUT2D eigenvalue weighted by Gasteiger charge is 2.35. The Hall–Kier alpha value is -5.16. The molecule has 2 amide bonds. The van der Waals surface area contributed by atoms with Gasteiger partial charge in [0.2, 0.25) is 5.91 Å². The van der Waals surface area contributed by atoms with Gasteiger partial charge in [0.05, 0.1) is 68.3 Å². The Morgan fingerprint density at radius 2 is 1.74 bits per heavy atom. The molecule has 0 aliphatic carbocycles. The summed E-state index contributed by atoms with van der Waals surface area (Å²) in [7, 11) is 5.97. The quantitative estimate of drug-likeness (QED) is 0.235. The standard InChI is InChI=1S/C33H35F3N8O3/c1-21(30(45)40(4)25-15-18-44(5,6)19-16-25)39-31(46)42-29(28-14-17-38-43(28)26-12-10-24(37-3)11-13-26)22(2)41(32(42)47)27-9-7-8-23(20-27)33(34,35)36/h7-14,17,20-21,25H,15-16,18-19H2,1-2,4-6H3/p+1/t21-/m0/s1. The van der Waals surface area contributed by atoms with Crippen LogP contribution in [0.5, 0.6) is 0 Å². The van der Waals surface area contributed by atoms with Crippen molar-refractivity contribution in [3.05, 3.63) is 94.0 Å². The number of quaternary nitrogens is 1. The minimum atomic E-state index is -4.67. The lowest BCUT2D eigenvalue weighted by Gasteiger charge is -2.40. The number of halogens is 3. The maximum Gasteiger partial charge on any atom is 0.416 e. The van der Waals surface area contributed by atoms with E-state index >= 15 is 0 Å². The third-order valence-electron chi connectivity index (χ3n) is 8.77. The number of carbonyl (C=O) groups excluding carboxylic acids is 2. The number of aromatic nitrogens is 4. The van der Waals surface area contributed by atoms with Gasteiger partial charge in [-0.1, -0.05) is 18.2 Å². The van der Waals surface area contributed by atoms with Crippen LogP contribution in [0.15, 0.2) is 65.6 Å². The zero-order valence-electron chi connectivity index (χ0n) is 26.7. The Bertz CT molecular complexity index is 1900. The largest absolute Gasteiger partial charge is 0.416 e. The molecule has 4 aromatic rings. The highest BCUT2D eigenvalue weighted by molar-refractivity contribution is 5.89. The molecular weight excluding hydrogens is 613 g/mol. The third kappa shape index (κ3) is 6.57. The monoisotopic (exact) mass is 649 g/mol. The number of alkyl halides is 3. The van der Waals surface area contributed by atoms with Crippen LogP contribution < -0.4 is 11.0 Å². The van der Waals surface area contributed by atoms with Crippen molar-refractivity contribution in [2.75, 3.05) is 34.2 Å². The Labute approximate surface area is 269 Å². The minimum Gasteiger partial charge on any atom is -0.341 e. The number of nitrogens with zero attached hydrogens (tertiary/aromatic N) is 7. The summed E-state index contributed by atoms with van der Waals surface area (Å²) in [6, 6.07) is 10.4. The van der Waals surface area contributed by atoms with E-state index in [0.717, 1.165) is 51.7 Å². The van der Waals surface area contributed by atoms with E-state index in [1.165, 1.54) is 36.9 Å². The van der Waals surface area contributed by atoms with Crippen LogP contribution in [0.2, 0.25) is 0 Å². The van der Waals surface area contributed by atoms with Crippen molar-refractivity contribution >= 4 is 17.6 Å². The smallest absolute Gasteiger partial charge is 0.341 e. The summed E-state index contributed by atoms with van der Waals surface area (Å²) in [4.78, 5) is 46.5. The fraction of sp³-hybridized carbons (Fsp3) is 0.364. The van der Waals surface area contributed by atoms with Crippen LogP contribution in [-0.2, 0) is 11.0 Å². The lowest BCUT2D eigenvalue weighted by atomic mass is 10.0. The molecule has 0 bridgehead atoms. The van der Waals surface area contributed by atoms with E-state index in [1.807, 2.05) is 0 Å². The molecule has 1 N–H and O–H groups in total. The van der Waals surface area contributed by atoms with E-state index in [0.29, 0.717) is 11.4 Å². The van der Waals surface area contributed by atoms with Gasteiger partial charge in [0.15, 0.2) is 5.69 Å². The molecule has 0 saturated carbocycles. The summed E-state index contributed by atoms with van der Waals surface area (Å²) >= 11 is 0. The predicted octanol–water partition coefficient (Wildman–Crippen LogP) is 5.01. The average molecular weight is 650 g/mol. The summed E-state index contributed by atoms with van der Waals surface area (Å²) in [5.41, 5.74) is -0.546. The van der Waals surface area contributed by atoms with Crippen LogP contribution in [0, 0.1) is 13.5 Å². The highest BCUT2D eigenvalue weighted by atomic mass is 19.4. The van der Waals surface area contributed by atoms with Gasteiger partial charge in [0, 0.05) is 25.9 Å². The van der Waals surface area contributed by atoms with Crippen LogP contribution in [0.4, 0.5) is 23.7 Å². The summed E-state index contributed by atoms with van der Waals surface area (Å²) < 4.78 is 45.1. The highest BCUT2D eigenvalue weighted by Crippen LogP contribution is 2.32. The van der Waals surface area contributed by atoms with Crippen molar-refractivity contribution in [2.45, 2.75) is 44.9 Å². The van der Waals surface area contributed by atoms with Crippen molar-refractivity contribution < 1.29 is 27.2 Å². The number of likely N-dealkylation sites (N-methyl/N-ethyl adjacent to an activating group) is 1. The van der Waals surface area contributed by atoms with E-state index in [4.69, 9.17) is 6.57 Å². The van der Waals surface area contributed by atoms with Crippen LogP contribution in [-0.4, -0.2) is 86.6 Å². The van der Waals surface area contributed by atoms with Crippen LogP contribution in [0.25, 0.3) is 27.6 Å². The zero-order valence-corrected chi connectivity index (χ0v) is 26.7. The number of likely N-dealkylation sites (tertiary alicyclic amines) is 1. The molecule has 47 heavy (non-hydrogen) atoms. The van der Waals surface area contributed by atoms with E-state index in [1.54, 1.807) is 42.3 Å². The second kappa shape index (κ2) is 12.6. The maximum absolute atomic E-state index is 14.1. The molecule has 1 atom stereocenters. The minimum absolute atomic E-state index is 0.000820. The molecule has 2 aromatic carbocycles. The molecular formula is C33H36F3N8O3+. The number of imidazole rings is 1. The fourth-order valence-corrected chi connectivity index (χ4v) is 6.01. The number of nitrogens with one attached hydrogen (secondary N) is 1. The second-order valence-corrected chi connectivity index (χ2v) is 12.4. The van der Waals surface area contributed by atoms with E-state index in [-0.39, 0.29) is 34.7 Å². The number of rotatable bonds is 6. The summed E-state index contributed by atoms with van der Waals surface area (Å²) in [5, 5.41) is 7.01. The van der Waals surface area contributed by atoms with Gasteiger partial charge in [0.1, 0.15) is 11.7 Å². The van der Waals surface area contributed by atoms with E-state index in [2.05, 4.69) is 29.4 Å². The van der Waals surface area contributed by atoms with Gasteiger partial charge in [-0.05, 0) is 50.2 Å². The first kappa shape index (κ1) is 33.2. The van der Waals surface area contributed by atoms with Gasteiger partial charge in [-0.2, -0.15) is 18.3 Å². The van der Waals surface area contributed by atoms with Gasteiger partial charge >= 0.3 is 17.9 Å². The van der Waals surface area contributed by atoms with Crippen molar-refractivity contribution in [2.24, 2.45) is 0 Å². The van der Waals surface area contributed by atoms with Gasteiger partial charge < -0.3 is 14.7 Å². The molecule has 0 spiro atoms. The van der Waals surface area contributed by atoms with Crippen molar-refractivity contribution in [1.82, 2.24) is 29.1 Å². The second-order valence-electron chi connectivity index (χ2n) is 12.4. The first-order chi connectivity index (χ1) is 22.1. The Kier molecular flexibility index (Phi) is 8.87. The van der Waals surface area contributed by atoms with Crippen molar-refractivity contribution in [3.63, 3.8) is 0 Å². The number of piperidine rings is 1. The van der Waals surface area contributed by atoms with Gasteiger partial charge in [-0.25, -0.2) is 23.7 Å². The molecule has 1 fully saturated rings. The molecule has 0 radical (unpaired) electrons. The molecule has 3 heterocycles. The summed E-state index contributed by atoms with van der Waals surface area (Å²) in [6.45, 7) is 12.1. The normalized spacial score (nSPS) is 15.6. The predicted molar refractivity (Wildman–Crippen MR) is 170 cm³/mol. The molecule has 5 rings (SSSR count). The SMILES string of the molecule is [C-]#[N+]c1ccc(-n2nccc2-c2c(C)n(-c3cccc(C(F)(F)F)c3)c(=O)n2C(=O)N[C@@H](C)C(=O)N(C)C2CC[N+](C)(C)CC2)cc1. The van der Waals surface area contributed by atoms with Crippen LogP contribution in [0.1, 0.15) is 31.0 Å². The number of benzene rings is 2. The number of amides is 2. The summed E-state index contributed by atoms with van der Waals surface area (Å²) in [6.07, 6.45) is -1.60. The van der Waals surface area contributed by atoms with E-state index < -0.39 is 29.5 Å². The lowest BCUT2D eigenvalue weighted by Crippen LogP contribution is -2.55. The van der Waals surface area contributed by atoms with Crippen molar-refractivity contribution in [3.8, 4) is 22.8 Å². The van der Waals surface area contributed by atoms with Gasteiger partial charge in [-0.3, -0.25) is 9.36 Å². The first-order valence-corrected chi connectivity index (χ1v) is 15.1. The molecule has 1 aliphatic rings. The lowest BCUT2D eigenvalue weighted by molar-refractivity contribution is -0.895. The number of hydrogen-bond acceptors (Lipinski definition) is 4. The van der Waals surface area contributed by atoms with E-state index in [9.17, 15) is 27.6 Å². The number of hydrogen-bond donors (Lipinski definition) is 1. The third-order valence-corrected chi connectivity index (χ3v) is 8.77. The Balaban J connectivity index is 1.57. The fourth-order valence-electron chi connectivity index (χ4n) is 6.01. The van der Waals surface area contributed by atoms with Gasteiger partial charge in [0.25, 0.3) is 0 Å². The number of carbonyl (C=O) groups is 2. The molecule has 14 heteroatoms. The molecule has 2 aromatic heterocycles. The van der Waals surface area contributed by atoms with Crippen LogP contribution in [0.3, 0.4) is 0 Å². The van der Waals surface area contributed by atoms with Crippen molar-refractivity contribution in [1.29, 1.82) is 0 Å².